The van der Waals surface area contributed by atoms with Crippen molar-refractivity contribution >= 4 is 5.91 Å². The molecule has 0 aromatic rings. The highest BCUT2D eigenvalue weighted by Gasteiger charge is 2.20. The molecule has 0 heterocycles. The van der Waals surface area contributed by atoms with E-state index in [1.165, 1.54) is 0 Å². The molecule has 0 aliphatic rings. The molecule has 16 heavy (non-hydrogen) atoms. The predicted octanol–water partition coefficient (Wildman–Crippen LogP) is 3.61. The van der Waals surface area contributed by atoms with Gasteiger partial charge in [0.15, 0.2) is 0 Å². The lowest BCUT2D eigenvalue weighted by Gasteiger charge is -2.21. The van der Waals surface area contributed by atoms with Gasteiger partial charge in [-0.3, -0.25) is 4.79 Å². The molecule has 0 fully saturated rings. The van der Waals surface area contributed by atoms with Crippen LogP contribution < -0.4 is 5.32 Å². The Kier molecular flexibility index (Phi) is 7.44. The topological polar surface area (TPSA) is 29.1 Å². The summed E-state index contributed by atoms with van der Waals surface area (Å²) in [5.41, 5.74) is 0. The molecular weight excluding hydrogens is 198 g/mol. The fourth-order valence-corrected chi connectivity index (χ4v) is 1.86. The summed E-state index contributed by atoms with van der Waals surface area (Å²) in [6.45, 7) is 12.8. The van der Waals surface area contributed by atoms with Crippen LogP contribution in [0.3, 0.4) is 0 Å². The van der Waals surface area contributed by atoms with E-state index in [-0.39, 0.29) is 17.9 Å². The number of rotatable bonds is 7. The van der Waals surface area contributed by atoms with Crippen LogP contribution in [0.15, 0.2) is 0 Å². The van der Waals surface area contributed by atoms with Crippen molar-refractivity contribution in [2.75, 3.05) is 0 Å². The first-order chi connectivity index (χ1) is 7.32. The maximum Gasteiger partial charge on any atom is 0.223 e. The summed E-state index contributed by atoms with van der Waals surface area (Å²) in [5, 5.41) is 3.03. The van der Waals surface area contributed by atoms with Crippen LogP contribution in [0.1, 0.15) is 60.8 Å². The zero-order valence-electron chi connectivity index (χ0n) is 11.8. The first kappa shape index (κ1) is 15.5. The lowest BCUT2D eigenvalue weighted by molar-refractivity contribution is -0.126. The number of carbonyl (C=O) groups is 1. The van der Waals surface area contributed by atoms with Gasteiger partial charge in [0.2, 0.25) is 5.91 Å². The lowest BCUT2D eigenvalue weighted by atomic mass is 9.89. The number of hydrogen-bond acceptors (Lipinski definition) is 1. The molecule has 0 spiro atoms. The molecule has 0 saturated carbocycles. The highest BCUT2D eigenvalue weighted by atomic mass is 16.1. The smallest absolute Gasteiger partial charge is 0.223 e. The Morgan fingerprint density at radius 2 is 1.50 bits per heavy atom. The summed E-state index contributed by atoms with van der Waals surface area (Å²) < 4.78 is 0. The molecule has 0 saturated heterocycles. The number of carbonyl (C=O) groups excluding carboxylic acids is 1. The minimum atomic E-state index is 0.199. The molecule has 0 radical (unpaired) electrons. The minimum absolute atomic E-state index is 0.199. The van der Waals surface area contributed by atoms with E-state index in [2.05, 4.69) is 33.0 Å². The Morgan fingerprint density at radius 3 is 1.88 bits per heavy atom. The van der Waals surface area contributed by atoms with Gasteiger partial charge >= 0.3 is 0 Å². The van der Waals surface area contributed by atoms with Crippen molar-refractivity contribution in [2.24, 2.45) is 17.8 Å². The van der Waals surface area contributed by atoms with Crippen molar-refractivity contribution in [2.45, 2.75) is 66.8 Å². The van der Waals surface area contributed by atoms with Crippen molar-refractivity contribution < 1.29 is 4.79 Å². The minimum Gasteiger partial charge on any atom is -0.354 e. The van der Waals surface area contributed by atoms with Gasteiger partial charge in [0.05, 0.1) is 0 Å². The first-order valence-corrected chi connectivity index (χ1v) is 6.63. The normalized spacial score (nSPS) is 13.6. The fraction of sp³-hybridized carbons (Fsp3) is 0.929. The molecule has 96 valence electrons. The third-order valence-electron chi connectivity index (χ3n) is 2.65. The molecular formula is C14H29NO. The summed E-state index contributed by atoms with van der Waals surface area (Å²) in [6, 6.07) is 0.251. The highest BCUT2D eigenvalue weighted by Crippen LogP contribution is 2.20. The number of amides is 1. The van der Waals surface area contributed by atoms with E-state index in [9.17, 15) is 4.79 Å². The Balaban J connectivity index is 4.23. The van der Waals surface area contributed by atoms with Crippen LogP contribution in [-0.4, -0.2) is 11.9 Å². The van der Waals surface area contributed by atoms with Crippen molar-refractivity contribution in [1.29, 1.82) is 0 Å². The van der Waals surface area contributed by atoms with Gasteiger partial charge in [-0.2, -0.15) is 0 Å². The summed E-state index contributed by atoms with van der Waals surface area (Å²) in [7, 11) is 0. The molecule has 0 bridgehead atoms. The zero-order valence-corrected chi connectivity index (χ0v) is 11.8. The predicted molar refractivity (Wildman–Crippen MR) is 70.3 cm³/mol. The van der Waals surface area contributed by atoms with Gasteiger partial charge in [-0.25, -0.2) is 0 Å². The Hall–Kier alpha value is -0.530. The SMILES string of the molecule is CC(C)CC[C@@H](CC(C)C)C(=O)NC(C)C. The maximum atomic E-state index is 12.0. The largest absolute Gasteiger partial charge is 0.354 e. The summed E-state index contributed by atoms with van der Waals surface area (Å²) in [4.78, 5) is 12.0. The molecule has 1 amide bonds. The van der Waals surface area contributed by atoms with E-state index in [1.54, 1.807) is 0 Å². The standard InChI is InChI=1S/C14H29NO/c1-10(2)7-8-13(9-11(3)4)14(16)15-12(5)6/h10-13H,7-9H2,1-6H3,(H,15,16)/t13-/m0/s1. The second kappa shape index (κ2) is 7.70. The molecule has 2 nitrogen and oxygen atoms in total. The van der Waals surface area contributed by atoms with Crippen LogP contribution in [0.4, 0.5) is 0 Å². The van der Waals surface area contributed by atoms with Gasteiger partial charge < -0.3 is 5.32 Å². The molecule has 0 aliphatic carbocycles. The second-order valence-electron chi connectivity index (χ2n) is 5.96. The van der Waals surface area contributed by atoms with E-state index in [0.717, 1.165) is 19.3 Å². The lowest BCUT2D eigenvalue weighted by Crippen LogP contribution is -2.36. The van der Waals surface area contributed by atoms with Gasteiger partial charge in [0.25, 0.3) is 0 Å². The molecule has 0 rings (SSSR count). The average Bonchev–Trinajstić information content (AvgIpc) is 2.09. The van der Waals surface area contributed by atoms with Crippen molar-refractivity contribution in [3.8, 4) is 0 Å². The monoisotopic (exact) mass is 227 g/mol. The van der Waals surface area contributed by atoms with Gasteiger partial charge in [-0.05, 0) is 38.5 Å². The fourth-order valence-electron chi connectivity index (χ4n) is 1.86. The molecule has 0 aromatic carbocycles. The highest BCUT2D eigenvalue weighted by molar-refractivity contribution is 5.78. The van der Waals surface area contributed by atoms with E-state index >= 15 is 0 Å². The number of hydrogen-bond donors (Lipinski definition) is 1. The summed E-state index contributed by atoms with van der Waals surface area (Å²) >= 11 is 0. The van der Waals surface area contributed by atoms with E-state index in [0.29, 0.717) is 11.8 Å². The zero-order chi connectivity index (χ0) is 12.7. The third-order valence-corrected chi connectivity index (χ3v) is 2.65. The van der Waals surface area contributed by atoms with Gasteiger partial charge in [0.1, 0.15) is 0 Å². The molecule has 2 heteroatoms. The van der Waals surface area contributed by atoms with Gasteiger partial charge in [-0.15, -0.1) is 0 Å². The van der Waals surface area contributed by atoms with E-state index in [1.807, 2.05) is 13.8 Å². The van der Waals surface area contributed by atoms with Crippen molar-refractivity contribution in [3.05, 3.63) is 0 Å². The van der Waals surface area contributed by atoms with Crippen LogP contribution >= 0.6 is 0 Å². The van der Waals surface area contributed by atoms with Crippen molar-refractivity contribution in [1.82, 2.24) is 5.32 Å². The molecule has 0 aliphatic heterocycles. The summed E-state index contributed by atoms with van der Waals surface area (Å²) in [6.07, 6.45) is 3.17. The van der Waals surface area contributed by atoms with Gasteiger partial charge in [0, 0.05) is 12.0 Å². The van der Waals surface area contributed by atoms with E-state index < -0.39 is 0 Å². The molecule has 1 atom stereocenters. The second-order valence-corrected chi connectivity index (χ2v) is 5.96. The van der Waals surface area contributed by atoms with Crippen molar-refractivity contribution in [3.63, 3.8) is 0 Å². The first-order valence-electron chi connectivity index (χ1n) is 6.63. The quantitative estimate of drug-likeness (QED) is 0.707. The van der Waals surface area contributed by atoms with Crippen LogP contribution in [-0.2, 0) is 4.79 Å². The molecule has 0 aromatic heterocycles. The third kappa shape index (κ3) is 7.72. The van der Waals surface area contributed by atoms with Crippen LogP contribution in [0.25, 0.3) is 0 Å². The van der Waals surface area contributed by atoms with E-state index in [4.69, 9.17) is 0 Å². The van der Waals surface area contributed by atoms with Crippen LogP contribution in [0.2, 0.25) is 0 Å². The Bertz CT molecular complexity index is 197. The van der Waals surface area contributed by atoms with Crippen LogP contribution in [0, 0.1) is 17.8 Å². The molecule has 1 N–H and O–H groups in total. The van der Waals surface area contributed by atoms with Gasteiger partial charge in [-0.1, -0.05) is 34.1 Å². The number of nitrogens with one attached hydrogen (secondary N) is 1. The Labute approximate surface area is 101 Å². The molecule has 0 unspecified atom stereocenters. The maximum absolute atomic E-state index is 12.0. The van der Waals surface area contributed by atoms with Crippen LogP contribution in [0.5, 0.6) is 0 Å². The Morgan fingerprint density at radius 1 is 0.938 bits per heavy atom. The summed E-state index contributed by atoms with van der Waals surface area (Å²) in [5.74, 6) is 1.71. The average molecular weight is 227 g/mol.